The number of carbonyl (C=O) groups excluding carboxylic acids is 1. The van der Waals surface area contributed by atoms with Crippen molar-refractivity contribution in [1.29, 1.82) is 0 Å². The zero-order valence-electron chi connectivity index (χ0n) is 10.2. The maximum Gasteiger partial charge on any atom is 0.236 e. The summed E-state index contributed by atoms with van der Waals surface area (Å²) < 4.78 is 0. The van der Waals surface area contributed by atoms with E-state index in [9.17, 15) is 4.79 Å². The smallest absolute Gasteiger partial charge is 0.236 e. The van der Waals surface area contributed by atoms with E-state index in [4.69, 9.17) is 5.73 Å². The molecule has 1 atom stereocenters. The molecular weight excluding hydrogens is 220 g/mol. The van der Waals surface area contributed by atoms with Crippen molar-refractivity contribution in [2.45, 2.75) is 38.4 Å². The van der Waals surface area contributed by atoms with Crippen LogP contribution >= 0.6 is 11.8 Å². The van der Waals surface area contributed by atoms with Crippen molar-refractivity contribution in [2.24, 2.45) is 5.73 Å². The van der Waals surface area contributed by atoms with Crippen molar-refractivity contribution < 1.29 is 4.79 Å². The first-order valence-corrected chi connectivity index (χ1v) is 7.05. The summed E-state index contributed by atoms with van der Waals surface area (Å²) in [7, 11) is 0. The Morgan fingerprint density at radius 3 is 2.94 bits per heavy atom. The van der Waals surface area contributed by atoms with Crippen LogP contribution in [0.4, 0.5) is 0 Å². The van der Waals surface area contributed by atoms with Gasteiger partial charge in [-0.15, -0.1) is 11.8 Å². The molecule has 16 heavy (non-hydrogen) atoms. The molecule has 1 unspecified atom stereocenters. The van der Waals surface area contributed by atoms with Gasteiger partial charge in [-0.25, -0.2) is 0 Å². The van der Waals surface area contributed by atoms with Crippen LogP contribution in [0.2, 0.25) is 0 Å². The molecule has 0 fully saturated rings. The van der Waals surface area contributed by atoms with E-state index < -0.39 is 0 Å². The van der Waals surface area contributed by atoms with Gasteiger partial charge in [-0.3, -0.25) is 4.79 Å². The lowest BCUT2D eigenvalue weighted by Crippen LogP contribution is -2.31. The summed E-state index contributed by atoms with van der Waals surface area (Å²) in [6.45, 7) is 5.51. The first kappa shape index (κ1) is 13.6. The maximum atomic E-state index is 12.0. The number of carbonyl (C=O) groups is 1. The van der Waals surface area contributed by atoms with E-state index >= 15 is 0 Å². The Balaban J connectivity index is 2.43. The average molecular weight is 242 g/mol. The van der Waals surface area contributed by atoms with Gasteiger partial charge in [0.2, 0.25) is 5.91 Å². The van der Waals surface area contributed by atoms with Crippen molar-refractivity contribution >= 4 is 17.7 Å². The molecule has 0 radical (unpaired) electrons. The normalized spacial score (nSPS) is 17.1. The molecule has 0 aromatic rings. The molecule has 2 N–H and O–H groups in total. The van der Waals surface area contributed by atoms with Gasteiger partial charge in [-0.2, -0.15) is 0 Å². The number of nitrogens with zero attached hydrogens (tertiary/aromatic N) is 1. The maximum absolute atomic E-state index is 12.0. The number of nitrogens with two attached hydrogens (primary N) is 1. The number of hydrogen-bond donors (Lipinski definition) is 1. The number of amides is 1. The van der Waals surface area contributed by atoms with E-state index in [1.165, 1.54) is 12.1 Å². The molecule has 1 amide bonds. The molecule has 4 heteroatoms. The van der Waals surface area contributed by atoms with Crippen LogP contribution in [0.25, 0.3) is 0 Å². The SMILES string of the molecule is CCN(C(=O)CSC(C)CN)C1=CCCC1. The second-order valence-electron chi connectivity index (χ2n) is 4.08. The summed E-state index contributed by atoms with van der Waals surface area (Å²) >= 11 is 1.64. The van der Waals surface area contributed by atoms with Gasteiger partial charge in [0.1, 0.15) is 0 Å². The van der Waals surface area contributed by atoms with Crippen LogP contribution in [0, 0.1) is 0 Å². The molecule has 3 nitrogen and oxygen atoms in total. The molecule has 92 valence electrons. The zero-order valence-corrected chi connectivity index (χ0v) is 11.1. The summed E-state index contributed by atoms with van der Waals surface area (Å²) in [5.74, 6) is 0.768. The third-order valence-electron chi connectivity index (χ3n) is 2.80. The lowest BCUT2D eigenvalue weighted by Gasteiger charge is -2.22. The molecule has 1 aliphatic rings. The highest BCUT2D eigenvalue weighted by Gasteiger charge is 2.18. The first-order chi connectivity index (χ1) is 7.69. The van der Waals surface area contributed by atoms with Crippen LogP contribution in [-0.4, -0.2) is 34.9 Å². The lowest BCUT2D eigenvalue weighted by atomic mass is 10.3. The number of rotatable bonds is 6. The predicted octanol–water partition coefficient (Wildman–Crippen LogP) is 1.98. The molecule has 0 aliphatic heterocycles. The molecular formula is C12H22N2OS. The van der Waals surface area contributed by atoms with Crippen LogP contribution < -0.4 is 5.73 Å². The van der Waals surface area contributed by atoms with Crippen LogP contribution in [0.15, 0.2) is 11.8 Å². The van der Waals surface area contributed by atoms with E-state index in [1.807, 2.05) is 11.8 Å². The standard InChI is InChI=1S/C12H22N2OS/c1-3-14(11-6-4-5-7-11)12(15)9-16-10(2)8-13/h6,10H,3-5,7-9,13H2,1-2H3. The Hall–Kier alpha value is -0.480. The fourth-order valence-corrected chi connectivity index (χ4v) is 2.52. The van der Waals surface area contributed by atoms with Crippen LogP contribution in [0.5, 0.6) is 0 Å². The van der Waals surface area contributed by atoms with Gasteiger partial charge in [0.25, 0.3) is 0 Å². The van der Waals surface area contributed by atoms with Crippen LogP contribution in [-0.2, 0) is 4.79 Å². The van der Waals surface area contributed by atoms with E-state index in [2.05, 4.69) is 13.0 Å². The Labute approximate surface area is 102 Å². The zero-order chi connectivity index (χ0) is 12.0. The second kappa shape index (κ2) is 6.97. The Bertz CT molecular complexity index is 266. The quantitative estimate of drug-likeness (QED) is 0.774. The lowest BCUT2D eigenvalue weighted by molar-refractivity contribution is -0.126. The highest BCUT2D eigenvalue weighted by molar-refractivity contribution is 8.00. The van der Waals surface area contributed by atoms with Gasteiger partial charge >= 0.3 is 0 Å². The van der Waals surface area contributed by atoms with Crippen LogP contribution in [0.1, 0.15) is 33.1 Å². The van der Waals surface area contributed by atoms with Crippen molar-refractivity contribution in [3.8, 4) is 0 Å². The van der Waals surface area contributed by atoms with Crippen molar-refractivity contribution in [2.75, 3.05) is 18.8 Å². The highest BCUT2D eigenvalue weighted by Crippen LogP contribution is 2.22. The monoisotopic (exact) mass is 242 g/mol. The summed E-state index contributed by atoms with van der Waals surface area (Å²) in [5.41, 5.74) is 6.75. The highest BCUT2D eigenvalue weighted by atomic mass is 32.2. The van der Waals surface area contributed by atoms with Gasteiger partial charge in [0, 0.05) is 24.0 Å². The summed E-state index contributed by atoms with van der Waals surface area (Å²) in [5, 5.41) is 0.361. The minimum Gasteiger partial charge on any atom is -0.329 e. The average Bonchev–Trinajstić information content (AvgIpc) is 2.80. The second-order valence-corrected chi connectivity index (χ2v) is 5.51. The van der Waals surface area contributed by atoms with E-state index in [0.717, 1.165) is 19.4 Å². The fourth-order valence-electron chi connectivity index (χ4n) is 1.80. The third-order valence-corrected chi connectivity index (χ3v) is 3.98. The molecule has 0 heterocycles. The Morgan fingerprint density at radius 1 is 1.69 bits per heavy atom. The number of thioether (sulfide) groups is 1. The fraction of sp³-hybridized carbons (Fsp3) is 0.750. The Morgan fingerprint density at radius 2 is 2.44 bits per heavy atom. The molecule has 1 rings (SSSR count). The summed E-state index contributed by atoms with van der Waals surface area (Å²) in [4.78, 5) is 13.9. The minimum atomic E-state index is 0.223. The van der Waals surface area contributed by atoms with E-state index in [-0.39, 0.29) is 5.91 Å². The first-order valence-electron chi connectivity index (χ1n) is 6.00. The molecule has 0 aromatic heterocycles. The number of hydrogen-bond acceptors (Lipinski definition) is 3. The molecule has 0 bridgehead atoms. The molecule has 1 aliphatic carbocycles. The van der Waals surface area contributed by atoms with Crippen molar-refractivity contribution in [3.63, 3.8) is 0 Å². The van der Waals surface area contributed by atoms with E-state index in [1.54, 1.807) is 11.8 Å². The predicted molar refractivity (Wildman–Crippen MR) is 70.3 cm³/mol. The van der Waals surface area contributed by atoms with Crippen LogP contribution in [0.3, 0.4) is 0 Å². The number of allylic oxidation sites excluding steroid dienone is 2. The van der Waals surface area contributed by atoms with Gasteiger partial charge in [0.05, 0.1) is 5.75 Å². The van der Waals surface area contributed by atoms with Gasteiger partial charge < -0.3 is 10.6 Å². The molecule has 0 saturated heterocycles. The third kappa shape index (κ3) is 3.83. The largest absolute Gasteiger partial charge is 0.329 e. The summed E-state index contributed by atoms with van der Waals surface area (Å²) in [6.07, 6.45) is 5.55. The summed E-state index contributed by atoms with van der Waals surface area (Å²) in [6, 6.07) is 0. The van der Waals surface area contributed by atoms with Crippen molar-refractivity contribution in [1.82, 2.24) is 4.90 Å². The van der Waals surface area contributed by atoms with Gasteiger partial charge in [-0.1, -0.05) is 13.0 Å². The molecule has 0 aromatic carbocycles. The molecule has 0 saturated carbocycles. The van der Waals surface area contributed by atoms with E-state index in [0.29, 0.717) is 17.5 Å². The Kier molecular flexibility index (Phi) is 5.91. The van der Waals surface area contributed by atoms with Crippen molar-refractivity contribution in [3.05, 3.63) is 11.8 Å². The minimum absolute atomic E-state index is 0.223. The topological polar surface area (TPSA) is 46.3 Å². The van der Waals surface area contributed by atoms with Gasteiger partial charge in [-0.05, 0) is 26.2 Å². The molecule has 0 spiro atoms. The van der Waals surface area contributed by atoms with Gasteiger partial charge in [0.15, 0.2) is 0 Å².